The summed E-state index contributed by atoms with van der Waals surface area (Å²) < 4.78 is 11.2. The molecule has 1 aliphatic carbocycles. The Morgan fingerprint density at radius 3 is 2.50 bits per heavy atom. The molecule has 0 bridgehead atoms. The van der Waals surface area contributed by atoms with Crippen LogP contribution in [0, 0.1) is 0 Å². The summed E-state index contributed by atoms with van der Waals surface area (Å²) in [6.07, 6.45) is 9.53. The smallest absolute Gasteiger partial charge is 0.0594 e. The third-order valence-corrected chi connectivity index (χ3v) is 3.66. The van der Waals surface area contributed by atoms with Crippen molar-refractivity contribution in [2.45, 2.75) is 57.1 Å². The van der Waals surface area contributed by atoms with E-state index >= 15 is 0 Å². The highest BCUT2D eigenvalue weighted by molar-refractivity contribution is 4.70. The van der Waals surface area contributed by atoms with Gasteiger partial charge >= 0.3 is 0 Å². The van der Waals surface area contributed by atoms with Gasteiger partial charge in [-0.25, -0.2) is 0 Å². The number of rotatable bonds is 5. The summed E-state index contributed by atoms with van der Waals surface area (Å²) in [5, 5.41) is 3.56. The van der Waals surface area contributed by atoms with Crippen molar-refractivity contribution in [3.8, 4) is 0 Å². The van der Waals surface area contributed by atoms with Crippen molar-refractivity contribution in [3.05, 3.63) is 0 Å². The zero-order valence-corrected chi connectivity index (χ0v) is 10.2. The Hall–Kier alpha value is -0.120. The predicted octanol–water partition coefficient (Wildman–Crippen LogP) is 2.10. The van der Waals surface area contributed by atoms with Crippen LogP contribution >= 0.6 is 0 Å². The second-order valence-corrected chi connectivity index (χ2v) is 4.97. The fourth-order valence-electron chi connectivity index (χ4n) is 2.62. The minimum absolute atomic E-state index is 0.547. The van der Waals surface area contributed by atoms with E-state index in [9.17, 15) is 0 Å². The Morgan fingerprint density at radius 1 is 1.00 bits per heavy atom. The van der Waals surface area contributed by atoms with E-state index in [1.807, 2.05) is 0 Å². The van der Waals surface area contributed by atoms with Gasteiger partial charge in [0, 0.05) is 25.8 Å². The molecular formula is C13H25NO2. The van der Waals surface area contributed by atoms with Gasteiger partial charge in [0.15, 0.2) is 0 Å². The van der Waals surface area contributed by atoms with E-state index in [1.54, 1.807) is 0 Å². The largest absolute Gasteiger partial charge is 0.381 e. The molecule has 2 fully saturated rings. The van der Waals surface area contributed by atoms with E-state index in [-0.39, 0.29) is 0 Å². The molecule has 94 valence electrons. The fraction of sp³-hybridized carbons (Fsp3) is 1.00. The van der Waals surface area contributed by atoms with E-state index < -0.39 is 0 Å². The van der Waals surface area contributed by atoms with Crippen molar-refractivity contribution in [2.75, 3.05) is 26.4 Å². The third-order valence-electron chi connectivity index (χ3n) is 3.66. The average molecular weight is 227 g/mol. The number of hydrogen-bond acceptors (Lipinski definition) is 3. The minimum atomic E-state index is 0.547. The SMILES string of the molecule is C1CCC(OCCNC2CCOCC2)CC1. The summed E-state index contributed by atoms with van der Waals surface area (Å²) >= 11 is 0. The highest BCUT2D eigenvalue weighted by atomic mass is 16.5. The van der Waals surface area contributed by atoms with Crippen LogP contribution in [-0.2, 0) is 9.47 Å². The molecule has 3 heteroatoms. The first kappa shape index (κ1) is 12.3. The highest BCUT2D eigenvalue weighted by Gasteiger charge is 2.15. The normalized spacial score (nSPS) is 24.8. The van der Waals surface area contributed by atoms with Crippen LogP contribution in [0.15, 0.2) is 0 Å². The Labute approximate surface area is 98.9 Å². The maximum absolute atomic E-state index is 5.88. The second-order valence-electron chi connectivity index (χ2n) is 4.97. The number of hydrogen-bond donors (Lipinski definition) is 1. The van der Waals surface area contributed by atoms with Gasteiger partial charge in [-0.1, -0.05) is 19.3 Å². The summed E-state index contributed by atoms with van der Waals surface area (Å²) in [5.41, 5.74) is 0. The Morgan fingerprint density at radius 2 is 1.75 bits per heavy atom. The molecule has 0 spiro atoms. The van der Waals surface area contributed by atoms with E-state index in [1.165, 1.54) is 32.1 Å². The quantitative estimate of drug-likeness (QED) is 0.730. The molecule has 0 unspecified atom stereocenters. The first-order valence-corrected chi connectivity index (χ1v) is 6.88. The molecule has 2 aliphatic rings. The van der Waals surface area contributed by atoms with Crippen LogP contribution in [0.1, 0.15) is 44.9 Å². The summed E-state index contributed by atoms with van der Waals surface area (Å²) in [5.74, 6) is 0. The number of ether oxygens (including phenoxy) is 2. The first-order valence-electron chi connectivity index (χ1n) is 6.88. The molecule has 1 aliphatic heterocycles. The van der Waals surface area contributed by atoms with Crippen LogP contribution in [0.25, 0.3) is 0 Å². The maximum Gasteiger partial charge on any atom is 0.0594 e. The van der Waals surface area contributed by atoms with Crippen LogP contribution in [0.2, 0.25) is 0 Å². The number of nitrogens with one attached hydrogen (secondary N) is 1. The molecule has 0 amide bonds. The molecule has 0 aromatic heterocycles. The molecule has 2 rings (SSSR count). The molecule has 1 N–H and O–H groups in total. The first-order chi connectivity index (χ1) is 7.95. The zero-order chi connectivity index (χ0) is 11.1. The molecular weight excluding hydrogens is 202 g/mol. The summed E-state index contributed by atoms with van der Waals surface area (Å²) in [4.78, 5) is 0. The monoisotopic (exact) mass is 227 g/mol. The lowest BCUT2D eigenvalue weighted by molar-refractivity contribution is 0.0256. The van der Waals surface area contributed by atoms with Crippen molar-refractivity contribution in [3.63, 3.8) is 0 Å². The van der Waals surface area contributed by atoms with Crippen molar-refractivity contribution in [1.82, 2.24) is 5.32 Å². The van der Waals surface area contributed by atoms with E-state index in [0.29, 0.717) is 12.1 Å². The molecule has 1 saturated carbocycles. The topological polar surface area (TPSA) is 30.5 Å². The Bertz CT molecular complexity index is 155. The lowest BCUT2D eigenvalue weighted by Gasteiger charge is -2.25. The van der Waals surface area contributed by atoms with Crippen LogP contribution in [0.4, 0.5) is 0 Å². The molecule has 16 heavy (non-hydrogen) atoms. The summed E-state index contributed by atoms with van der Waals surface area (Å²) in [6, 6.07) is 0.656. The standard InChI is InChI=1S/C13H25NO2/c1-2-4-13(5-3-1)16-11-8-14-12-6-9-15-10-7-12/h12-14H,1-11H2. The van der Waals surface area contributed by atoms with Gasteiger partial charge in [-0.2, -0.15) is 0 Å². The van der Waals surface area contributed by atoms with Gasteiger partial charge in [0.1, 0.15) is 0 Å². The van der Waals surface area contributed by atoms with Crippen molar-refractivity contribution in [1.29, 1.82) is 0 Å². The van der Waals surface area contributed by atoms with Gasteiger partial charge in [0.25, 0.3) is 0 Å². The Balaban J connectivity index is 1.47. The molecule has 0 radical (unpaired) electrons. The van der Waals surface area contributed by atoms with Crippen molar-refractivity contribution < 1.29 is 9.47 Å². The average Bonchev–Trinajstić information content (AvgIpc) is 2.37. The van der Waals surface area contributed by atoms with Crippen LogP contribution in [-0.4, -0.2) is 38.5 Å². The molecule has 0 aromatic rings. The van der Waals surface area contributed by atoms with Gasteiger partial charge in [-0.15, -0.1) is 0 Å². The van der Waals surface area contributed by atoms with E-state index in [2.05, 4.69) is 5.32 Å². The van der Waals surface area contributed by atoms with Crippen molar-refractivity contribution in [2.24, 2.45) is 0 Å². The summed E-state index contributed by atoms with van der Waals surface area (Å²) in [7, 11) is 0. The second kappa shape index (κ2) is 7.25. The van der Waals surface area contributed by atoms with Gasteiger partial charge in [0.2, 0.25) is 0 Å². The maximum atomic E-state index is 5.88. The van der Waals surface area contributed by atoms with E-state index in [0.717, 1.165) is 39.2 Å². The highest BCUT2D eigenvalue weighted by Crippen LogP contribution is 2.19. The van der Waals surface area contributed by atoms with Crippen molar-refractivity contribution >= 4 is 0 Å². The van der Waals surface area contributed by atoms with Gasteiger partial charge in [-0.3, -0.25) is 0 Å². The molecule has 1 heterocycles. The molecule has 0 aromatic carbocycles. The zero-order valence-electron chi connectivity index (χ0n) is 10.2. The van der Waals surface area contributed by atoms with Gasteiger partial charge in [-0.05, 0) is 25.7 Å². The summed E-state index contributed by atoms with van der Waals surface area (Å²) in [6.45, 7) is 3.71. The molecule has 1 saturated heterocycles. The molecule has 0 atom stereocenters. The van der Waals surface area contributed by atoms with Gasteiger partial charge in [0.05, 0.1) is 12.7 Å². The minimum Gasteiger partial charge on any atom is -0.381 e. The predicted molar refractivity (Wildman–Crippen MR) is 64.7 cm³/mol. The lowest BCUT2D eigenvalue weighted by atomic mass is 9.98. The van der Waals surface area contributed by atoms with Crippen LogP contribution < -0.4 is 5.32 Å². The van der Waals surface area contributed by atoms with Crippen LogP contribution in [0.3, 0.4) is 0 Å². The van der Waals surface area contributed by atoms with Gasteiger partial charge < -0.3 is 14.8 Å². The lowest BCUT2D eigenvalue weighted by Crippen LogP contribution is -2.37. The Kier molecular flexibility index (Phi) is 5.59. The fourth-order valence-corrected chi connectivity index (χ4v) is 2.62. The third kappa shape index (κ3) is 4.40. The van der Waals surface area contributed by atoms with E-state index in [4.69, 9.17) is 9.47 Å². The molecule has 3 nitrogen and oxygen atoms in total. The van der Waals surface area contributed by atoms with Crippen LogP contribution in [0.5, 0.6) is 0 Å².